The molecule has 0 atom stereocenters. The molecule has 84 valence electrons. The minimum Gasteiger partial charge on any atom is -0.396 e. The molecular formula is C10H21NO3. The summed E-state index contributed by atoms with van der Waals surface area (Å²) in [4.78, 5) is 0. The van der Waals surface area contributed by atoms with E-state index in [0.29, 0.717) is 25.2 Å². The van der Waals surface area contributed by atoms with Crippen LogP contribution in [0.2, 0.25) is 0 Å². The SMILES string of the molecule is OCCOCCNCC1(CCO)CC1. The summed E-state index contributed by atoms with van der Waals surface area (Å²) in [5, 5.41) is 20.6. The molecule has 1 aliphatic rings. The zero-order chi connectivity index (χ0) is 10.3. The van der Waals surface area contributed by atoms with E-state index < -0.39 is 0 Å². The molecule has 1 fully saturated rings. The van der Waals surface area contributed by atoms with Crippen LogP contribution in [0.25, 0.3) is 0 Å². The molecule has 0 amide bonds. The van der Waals surface area contributed by atoms with E-state index in [1.54, 1.807) is 0 Å². The van der Waals surface area contributed by atoms with Gasteiger partial charge in [-0.1, -0.05) is 0 Å². The third-order valence-corrected chi connectivity index (χ3v) is 2.76. The Balaban J connectivity index is 1.88. The number of ether oxygens (including phenoxy) is 1. The molecule has 0 bridgehead atoms. The molecule has 1 aliphatic carbocycles. The minimum atomic E-state index is 0.0917. The fraction of sp³-hybridized carbons (Fsp3) is 1.00. The highest BCUT2D eigenvalue weighted by Crippen LogP contribution is 2.47. The third-order valence-electron chi connectivity index (χ3n) is 2.76. The smallest absolute Gasteiger partial charge is 0.0698 e. The van der Waals surface area contributed by atoms with Crippen LogP contribution in [0.4, 0.5) is 0 Å². The Hall–Kier alpha value is -0.160. The van der Waals surface area contributed by atoms with Gasteiger partial charge < -0.3 is 20.3 Å². The fourth-order valence-corrected chi connectivity index (χ4v) is 1.59. The van der Waals surface area contributed by atoms with Crippen LogP contribution in [0.3, 0.4) is 0 Å². The molecule has 14 heavy (non-hydrogen) atoms. The summed E-state index contributed by atoms with van der Waals surface area (Å²) >= 11 is 0. The Labute approximate surface area is 85.3 Å². The Morgan fingerprint density at radius 1 is 1.14 bits per heavy atom. The average molecular weight is 203 g/mol. The van der Waals surface area contributed by atoms with Crippen LogP contribution in [0.15, 0.2) is 0 Å². The van der Waals surface area contributed by atoms with E-state index in [2.05, 4.69) is 5.32 Å². The lowest BCUT2D eigenvalue weighted by Crippen LogP contribution is -2.28. The van der Waals surface area contributed by atoms with Gasteiger partial charge in [0.2, 0.25) is 0 Å². The van der Waals surface area contributed by atoms with Gasteiger partial charge in [-0.2, -0.15) is 0 Å². The zero-order valence-corrected chi connectivity index (χ0v) is 8.67. The average Bonchev–Trinajstić information content (AvgIpc) is 2.93. The first-order valence-corrected chi connectivity index (χ1v) is 5.33. The largest absolute Gasteiger partial charge is 0.396 e. The van der Waals surface area contributed by atoms with E-state index in [4.69, 9.17) is 14.9 Å². The van der Waals surface area contributed by atoms with Gasteiger partial charge in [0.25, 0.3) is 0 Å². The van der Waals surface area contributed by atoms with Gasteiger partial charge >= 0.3 is 0 Å². The van der Waals surface area contributed by atoms with Gasteiger partial charge in [-0.3, -0.25) is 0 Å². The van der Waals surface area contributed by atoms with Crippen molar-refractivity contribution >= 4 is 0 Å². The first-order valence-electron chi connectivity index (χ1n) is 5.33. The van der Waals surface area contributed by atoms with E-state index in [-0.39, 0.29) is 6.61 Å². The predicted octanol–water partition coefficient (Wildman–Crippen LogP) is -0.252. The molecule has 0 saturated heterocycles. The number of hydrogen-bond acceptors (Lipinski definition) is 4. The lowest BCUT2D eigenvalue weighted by atomic mass is 10.0. The maximum absolute atomic E-state index is 8.83. The van der Waals surface area contributed by atoms with Crippen LogP contribution < -0.4 is 5.32 Å². The van der Waals surface area contributed by atoms with Crippen LogP contribution in [0.1, 0.15) is 19.3 Å². The highest BCUT2D eigenvalue weighted by atomic mass is 16.5. The van der Waals surface area contributed by atoms with Crippen molar-refractivity contribution in [1.29, 1.82) is 0 Å². The van der Waals surface area contributed by atoms with Crippen molar-refractivity contribution in [2.24, 2.45) is 5.41 Å². The van der Waals surface area contributed by atoms with Gasteiger partial charge in [0.15, 0.2) is 0 Å². The molecule has 4 nitrogen and oxygen atoms in total. The number of rotatable bonds is 9. The van der Waals surface area contributed by atoms with Gasteiger partial charge in [0.05, 0.1) is 19.8 Å². The summed E-state index contributed by atoms with van der Waals surface area (Å²) in [6.07, 6.45) is 3.38. The Morgan fingerprint density at radius 2 is 1.93 bits per heavy atom. The zero-order valence-electron chi connectivity index (χ0n) is 8.67. The Morgan fingerprint density at radius 3 is 2.50 bits per heavy atom. The van der Waals surface area contributed by atoms with Crippen molar-refractivity contribution in [3.63, 3.8) is 0 Å². The van der Waals surface area contributed by atoms with E-state index >= 15 is 0 Å². The summed E-state index contributed by atoms with van der Waals surface area (Å²) in [7, 11) is 0. The summed E-state index contributed by atoms with van der Waals surface area (Å²) < 4.78 is 5.12. The van der Waals surface area contributed by atoms with Gasteiger partial charge in [0, 0.05) is 19.7 Å². The molecule has 0 aromatic rings. The maximum atomic E-state index is 8.83. The number of hydrogen-bond donors (Lipinski definition) is 3. The van der Waals surface area contributed by atoms with Crippen LogP contribution in [0.5, 0.6) is 0 Å². The first-order chi connectivity index (χ1) is 6.83. The van der Waals surface area contributed by atoms with Crippen LogP contribution in [0, 0.1) is 5.41 Å². The van der Waals surface area contributed by atoms with Gasteiger partial charge in [-0.05, 0) is 24.7 Å². The van der Waals surface area contributed by atoms with Crippen LogP contribution in [-0.4, -0.2) is 49.7 Å². The summed E-state index contributed by atoms with van der Waals surface area (Å²) in [5.41, 5.74) is 0.381. The molecule has 3 N–H and O–H groups in total. The summed E-state index contributed by atoms with van der Waals surface area (Å²) in [5.74, 6) is 0. The highest BCUT2D eigenvalue weighted by molar-refractivity contribution is 4.94. The Kier molecular flexibility index (Phi) is 5.40. The highest BCUT2D eigenvalue weighted by Gasteiger charge is 2.41. The van der Waals surface area contributed by atoms with E-state index in [9.17, 15) is 0 Å². The standard InChI is InChI=1S/C10H21NO3/c12-5-3-10(1-2-10)9-11-4-7-14-8-6-13/h11-13H,1-9H2. The number of aliphatic hydroxyl groups is 2. The summed E-state index contributed by atoms with van der Waals surface area (Å²) in [6, 6.07) is 0. The molecule has 0 radical (unpaired) electrons. The van der Waals surface area contributed by atoms with E-state index in [0.717, 1.165) is 19.5 Å². The topological polar surface area (TPSA) is 61.7 Å². The van der Waals surface area contributed by atoms with Gasteiger partial charge in [-0.25, -0.2) is 0 Å². The van der Waals surface area contributed by atoms with Crippen molar-refractivity contribution in [3.8, 4) is 0 Å². The molecule has 0 unspecified atom stereocenters. The summed E-state index contributed by atoms with van der Waals surface area (Å²) in [6.45, 7) is 3.26. The van der Waals surface area contributed by atoms with Crippen LogP contribution in [-0.2, 0) is 4.74 Å². The van der Waals surface area contributed by atoms with Gasteiger partial charge in [0.1, 0.15) is 0 Å². The van der Waals surface area contributed by atoms with Crippen molar-refractivity contribution in [2.75, 3.05) is 39.5 Å². The van der Waals surface area contributed by atoms with Gasteiger partial charge in [-0.15, -0.1) is 0 Å². The van der Waals surface area contributed by atoms with Crippen molar-refractivity contribution in [2.45, 2.75) is 19.3 Å². The number of nitrogens with one attached hydrogen (secondary N) is 1. The molecule has 0 heterocycles. The molecule has 1 rings (SSSR count). The molecule has 0 aromatic heterocycles. The van der Waals surface area contributed by atoms with Crippen molar-refractivity contribution in [1.82, 2.24) is 5.32 Å². The van der Waals surface area contributed by atoms with E-state index in [1.807, 2.05) is 0 Å². The first kappa shape index (κ1) is 11.9. The molecule has 0 aromatic carbocycles. The van der Waals surface area contributed by atoms with Crippen molar-refractivity contribution in [3.05, 3.63) is 0 Å². The lowest BCUT2D eigenvalue weighted by molar-refractivity contribution is 0.0930. The molecular weight excluding hydrogens is 182 g/mol. The maximum Gasteiger partial charge on any atom is 0.0698 e. The fourth-order valence-electron chi connectivity index (χ4n) is 1.59. The monoisotopic (exact) mass is 203 g/mol. The Bertz CT molecular complexity index is 148. The third kappa shape index (κ3) is 4.37. The van der Waals surface area contributed by atoms with Crippen LogP contribution >= 0.6 is 0 Å². The predicted molar refractivity (Wildman–Crippen MR) is 54.1 cm³/mol. The van der Waals surface area contributed by atoms with E-state index in [1.165, 1.54) is 12.8 Å². The normalized spacial score (nSPS) is 18.4. The second-order valence-electron chi connectivity index (χ2n) is 3.99. The number of aliphatic hydroxyl groups excluding tert-OH is 2. The molecule has 1 saturated carbocycles. The quantitative estimate of drug-likeness (QED) is 0.452. The second-order valence-corrected chi connectivity index (χ2v) is 3.99. The second kappa shape index (κ2) is 6.35. The molecule has 0 spiro atoms. The van der Waals surface area contributed by atoms with Crippen molar-refractivity contribution < 1.29 is 14.9 Å². The molecule has 0 aliphatic heterocycles. The molecule has 4 heteroatoms. The minimum absolute atomic E-state index is 0.0917. The lowest BCUT2D eigenvalue weighted by Gasteiger charge is -2.14.